The highest BCUT2D eigenvalue weighted by molar-refractivity contribution is 7.92. The lowest BCUT2D eigenvalue weighted by Crippen LogP contribution is -2.14. The van der Waals surface area contributed by atoms with Crippen molar-refractivity contribution >= 4 is 38.9 Å². The Morgan fingerprint density at radius 1 is 0.929 bits per heavy atom. The number of hydrogen-bond acceptors (Lipinski definition) is 4. The van der Waals surface area contributed by atoms with Crippen molar-refractivity contribution in [2.75, 3.05) is 17.1 Å². The lowest BCUT2D eigenvalue weighted by Gasteiger charge is -2.10. The number of rotatable bonds is 6. The van der Waals surface area contributed by atoms with Gasteiger partial charge >= 0.3 is 0 Å². The van der Waals surface area contributed by atoms with Crippen molar-refractivity contribution in [2.24, 2.45) is 0 Å². The highest BCUT2D eigenvalue weighted by Crippen LogP contribution is 2.20. The number of amides is 1. The van der Waals surface area contributed by atoms with E-state index in [4.69, 9.17) is 16.3 Å². The maximum absolute atomic E-state index is 12.4. The molecule has 0 spiro atoms. The van der Waals surface area contributed by atoms with Crippen LogP contribution in [0.3, 0.4) is 0 Å². The predicted octanol–water partition coefficient (Wildman–Crippen LogP) is 4.40. The molecule has 144 valence electrons. The molecule has 3 aromatic carbocycles. The van der Waals surface area contributed by atoms with Gasteiger partial charge in [0.1, 0.15) is 5.75 Å². The van der Waals surface area contributed by atoms with E-state index >= 15 is 0 Å². The number of anilines is 2. The second kappa shape index (κ2) is 8.33. The molecule has 2 N–H and O–H groups in total. The number of carbonyl (C=O) groups excluding carboxylic acids is 1. The van der Waals surface area contributed by atoms with E-state index in [2.05, 4.69) is 10.0 Å². The van der Waals surface area contributed by atoms with Gasteiger partial charge in [-0.3, -0.25) is 9.52 Å². The summed E-state index contributed by atoms with van der Waals surface area (Å²) < 4.78 is 32.4. The minimum Gasteiger partial charge on any atom is -0.497 e. The summed E-state index contributed by atoms with van der Waals surface area (Å²) in [6, 6.07) is 18.9. The number of nitrogens with one attached hydrogen (secondary N) is 2. The van der Waals surface area contributed by atoms with Gasteiger partial charge in [0.05, 0.1) is 12.0 Å². The Balaban J connectivity index is 1.70. The first-order valence-corrected chi connectivity index (χ1v) is 10.1. The lowest BCUT2D eigenvalue weighted by atomic mass is 10.2. The second-order valence-electron chi connectivity index (χ2n) is 5.82. The maximum Gasteiger partial charge on any atom is 0.261 e. The fraction of sp³-hybridized carbons (Fsp3) is 0.0500. The maximum atomic E-state index is 12.4. The molecule has 0 aromatic heterocycles. The summed E-state index contributed by atoms with van der Waals surface area (Å²) in [5.74, 6) is 0.237. The second-order valence-corrected chi connectivity index (χ2v) is 7.94. The Kier molecular flexibility index (Phi) is 5.87. The average Bonchev–Trinajstić information content (AvgIpc) is 2.68. The summed E-state index contributed by atoms with van der Waals surface area (Å²) in [4.78, 5) is 12.4. The van der Waals surface area contributed by atoms with Gasteiger partial charge in [0.2, 0.25) is 0 Å². The van der Waals surface area contributed by atoms with Gasteiger partial charge in [0.25, 0.3) is 15.9 Å². The normalized spacial score (nSPS) is 10.9. The summed E-state index contributed by atoms with van der Waals surface area (Å²) in [5.41, 5.74) is 1.30. The molecule has 0 aliphatic rings. The van der Waals surface area contributed by atoms with E-state index in [0.29, 0.717) is 27.7 Å². The molecule has 3 aromatic rings. The average molecular weight is 417 g/mol. The third-order valence-corrected chi connectivity index (χ3v) is 5.48. The Morgan fingerprint density at radius 2 is 1.61 bits per heavy atom. The summed E-state index contributed by atoms with van der Waals surface area (Å²) in [6.07, 6.45) is 0. The number of hydrogen-bond donors (Lipinski definition) is 2. The van der Waals surface area contributed by atoms with E-state index in [0.717, 1.165) is 0 Å². The van der Waals surface area contributed by atoms with Crippen LogP contribution in [-0.2, 0) is 10.0 Å². The van der Waals surface area contributed by atoms with Gasteiger partial charge in [-0.25, -0.2) is 8.42 Å². The van der Waals surface area contributed by atoms with Crippen molar-refractivity contribution in [1.82, 2.24) is 0 Å². The van der Waals surface area contributed by atoms with Crippen molar-refractivity contribution in [3.63, 3.8) is 0 Å². The zero-order valence-corrected chi connectivity index (χ0v) is 16.4. The summed E-state index contributed by atoms with van der Waals surface area (Å²) in [5, 5.41) is 3.24. The van der Waals surface area contributed by atoms with Crippen LogP contribution >= 0.6 is 11.6 Å². The van der Waals surface area contributed by atoms with Crippen LogP contribution in [0.4, 0.5) is 11.4 Å². The number of benzene rings is 3. The molecule has 6 nitrogen and oxygen atoms in total. The molecule has 0 heterocycles. The van der Waals surface area contributed by atoms with E-state index in [-0.39, 0.29) is 10.8 Å². The molecule has 0 aliphatic heterocycles. The molecule has 0 saturated carbocycles. The standard InChI is InChI=1S/C20H17ClN2O4S/c1-27-18-9-11-19(12-10-18)28(25,26)23-16-7-5-14(6-8-16)20(24)22-17-4-2-3-15(21)13-17/h2-13,23H,1H3,(H,22,24). The minimum absolute atomic E-state index is 0.107. The monoisotopic (exact) mass is 416 g/mol. The minimum atomic E-state index is -3.75. The highest BCUT2D eigenvalue weighted by Gasteiger charge is 2.15. The van der Waals surface area contributed by atoms with Crippen molar-refractivity contribution in [1.29, 1.82) is 0 Å². The van der Waals surface area contributed by atoms with Crippen LogP contribution in [0.15, 0.2) is 77.7 Å². The Hall–Kier alpha value is -3.03. The van der Waals surface area contributed by atoms with E-state index in [1.165, 1.54) is 43.5 Å². The number of halogens is 1. The summed E-state index contributed by atoms with van der Waals surface area (Å²) >= 11 is 5.90. The topological polar surface area (TPSA) is 84.5 Å². The summed E-state index contributed by atoms with van der Waals surface area (Å²) in [7, 11) is -2.24. The first-order valence-electron chi connectivity index (χ1n) is 8.21. The van der Waals surface area contributed by atoms with E-state index in [1.807, 2.05) is 0 Å². The Labute approximate surface area is 168 Å². The number of carbonyl (C=O) groups is 1. The van der Waals surface area contributed by atoms with Crippen LogP contribution in [0, 0.1) is 0 Å². The fourth-order valence-corrected chi connectivity index (χ4v) is 3.68. The molecule has 1 amide bonds. The van der Waals surface area contributed by atoms with Gasteiger partial charge < -0.3 is 10.1 Å². The van der Waals surface area contributed by atoms with Gasteiger partial charge in [0.15, 0.2) is 0 Å². The Bertz CT molecular complexity index is 1080. The molecule has 0 atom stereocenters. The molecule has 0 unspecified atom stereocenters. The van der Waals surface area contributed by atoms with Gasteiger partial charge in [-0.1, -0.05) is 17.7 Å². The summed E-state index contributed by atoms with van der Waals surface area (Å²) in [6.45, 7) is 0. The van der Waals surface area contributed by atoms with Crippen LogP contribution < -0.4 is 14.8 Å². The molecule has 3 rings (SSSR count). The molecule has 0 fully saturated rings. The van der Waals surface area contributed by atoms with Crippen LogP contribution in [0.2, 0.25) is 5.02 Å². The smallest absolute Gasteiger partial charge is 0.261 e. The van der Waals surface area contributed by atoms with Gasteiger partial charge in [-0.15, -0.1) is 0 Å². The molecule has 0 aliphatic carbocycles. The molecule has 0 saturated heterocycles. The van der Waals surface area contributed by atoms with Crippen molar-refractivity contribution < 1.29 is 17.9 Å². The predicted molar refractivity (Wildman–Crippen MR) is 110 cm³/mol. The van der Waals surface area contributed by atoms with E-state index < -0.39 is 10.0 Å². The van der Waals surface area contributed by atoms with E-state index in [1.54, 1.807) is 36.4 Å². The molecule has 0 bridgehead atoms. The first-order chi connectivity index (χ1) is 13.4. The zero-order valence-electron chi connectivity index (χ0n) is 14.8. The quantitative estimate of drug-likeness (QED) is 0.623. The van der Waals surface area contributed by atoms with Crippen LogP contribution in [0.5, 0.6) is 5.75 Å². The van der Waals surface area contributed by atoms with Gasteiger partial charge in [0, 0.05) is 22.0 Å². The molecular weight excluding hydrogens is 400 g/mol. The van der Waals surface area contributed by atoms with Crippen molar-refractivity contribution in [3.05, 3.63) is 83.4 Å². The Morgan fingerprint density at radius 3 is 2.21 bits per heavy atom. The molecule has 0 radical (unpaired) electrons. The largest absolute Gasteiger partial charge is 0.497 e. The molecule has 28 heavy (non-hydrogen) atoms. The lowest BCUT2D eigenvalue weighted by molar-refractivity contribution is 0.102. The number of sulfonamides is 1. The van der Waals surface area contributed by atoms with E-state index in [9.17, 15) is 13.2 Å². The first kappa shape index (κ1) is 19.7. The van der Waals surface area contributed by atoms with Crippen molar-refractivity contribution in [2.45, 2.75) is 4.90 Å². The molecule has 8 heteroatoms. The third-order valence-electron chi connectivity index (χ3n) is 3.85. The van der Waals surface area contributed by atoms with Crippen molar-refractivity contribution in [3.8, 4) is 5.75 Å². The SMILES string of the molecule is COc1ccc(S(=O)(=O)Nc2ccc(C(=O)Nc3cccc(Cl)c3)cc2)cc1. The number of ether oxygens (including phenoxy) is 1. The number of methoxy groups -OCH3 is 1. The third kappa shape index (κ3) is 4.82. The van der Waals surface area contributed by atoms with Crippen LogP contribution in [0.25, 0.3) is 0 Å². The van der Waals surface area contributed by atoms with Gasteiger partial charge in [-0.05, 0) is 66.7 Å². The van der Waals surface area contributed by atoms with Gasteiger partial charge in [-0.2, -0.15) is 0 Å². The fourth-order valence-electron chi connectivity index (χ4n) is 2.43. The molecular formula is C20H17ClN2O4S. The van der Waals surface area contributed by atoms with Crippen LogP contribution in [-0.4, -0.2) is 21.4 Å². The highest BCUT2D eigenvalue weighted by atomic mass is 35.5. The van der Waals surface area contributed by atoms with Crippen LogP contribution in [0.1, 0.15) is 10.4 Å². The zero-order chi connectivity index (χ0) is 20.1.